The summed E-state index contributed by atoms with van der Waals surface area (Å²) in [5.41, 5.74) is 7.23. The van der Waals surface area contributed by atoms with Gasteiger partial charge in [0.2, 0.25) is 0 Å². The number of hydrogen-bond acceptors (Lipinski definition) is 3. The van der Waals surface area contributed by atoms with Crippen molar-refractivity contribution in [3.05, 3.63) is 35.9 Å². The molecule has 1 aromatic rings. The number of benzene rings is 1. The molecule has 0 aliphatic carbocycles. The molecule has 0 amide bonds. The Morgan fingerprint density at radius 2 is 1.89 bits per heavy atom. The van der Waals surface area contributed by atoms with Crippen LogP contribution in [0.4, 0.5) is 0 Å². The van der Waals surface area contributed by atoms with E-state index in [4.69, 9.17) is 5.73 Å². The molecule has 2 nitrogen and oxygen atoms in total. The molecule has 0 bridgehead atoms. The van der Waals surface area contributed by atoms with Gasteiger partial charge in [0.25, 0.3) is 0 Å². The van der Waals surface area contributed by atoms with Crippen molar-refractivity contribution in [2.75, 3.05) is 11.5 Å². The molecule has 0 aliphatic heterocycles. The lowest BCUT2D eigenvalue weighted by Gasteiger charge is -2.19. The van der Waals surface area contributed by atoms with Crippen molar-refractivity contribution in [1.29, 1.82) is 0 Å². The van der Waals surface area contributed by atoms with Crippen LogP contribution in [0.5, 0.6) is 0 Å². The topological polar surface area (TPSA) is 46.2 Å². The van der Waals surface area contributed by atoms with Crippen molar-refractivity contribution in [2.45, 2.75) is 38.8 Å². The predicted molar refractivity (Wildman–Crippen MR) is 80.9 cm³/mol. The Kier molecular flexibility index (Phi) is 7.40. The van der Waals surface area contributed by atoms with Crippen molar-refractivity contribution < 1.29 is 5.11 Å². The van der Waals surface area contributed by atoms with Gasteiger partial charge in [-0.3, -0.25) is 0 Å². The Morgan fingerprint density at radius 1 is 1.22 bits per heavy atom. The molecule has 18 heavy (non-hydrogen) atoms. The summed E-state index contributed by atoms with van der Waals surface area (Å²) in [6, 6.07) is 9.94. The summed E-state index contributed by atoms with van der Waals surface area (Å²) in [5, 5.41) is 10.0. The summed E-state index contributed by atoms with van der Waals surface area (Å²) in [6.45, 7) is 4.44. The molecule has 3 atom stereocenters. The van der Waals surface area contributed by atoms with Crippen molar-refractivity contribution in [2.24, 2.45) is 11.7 Å². The minimum atomic E-state index is -0.417. The smallest absolute Gasteiger partial charge is 0.0784 e. The summed E-state index contributed by atoms with van der Waals surface area (Å²) in [4.78, 5) is 0. The van der Waals surface area contributed by atoms with Crippen LogP contribution in [-0.2, 0) is 6.42 Å². The molecule has 3 heteroatoms. The highest BCUT2D eigenvalue weighted by molar-refractivity contribution is 7.99. The summed E-state index contributed by atoms with van der Waals surface area (Å²) in [5.74, 6) is 2.55. The molecule has 0 saturated heterocycles. The molecule has 1 rings (SSSR count). The number of aliphatic hydroxyl groups excluding tert-OH is 1. The molecule has 102 valence electrons. The van der Waals surface area contributed by atoms with Gasteiger partial charge in [0.1, 0.15) is 0 Å². The van der Waals surface area contributed by atoms with Crippen molar-refractivity contribution in [3.8, 4) is 0 Å². The minimum Gasteiger partial charge on any atom is -0.391 e. The van der Waals surface area contributed by atoms with Crippen LogP contribution in [-0.4, -0.2) is 28.8 Å². The largest absolute Gasteiger partial charge is 0.391 e. The van der Waals surface area contributed by atoms with Gasteiger partial charge in [-0.1, -0.05) is 50.6 Å². The van der Waals surface area contributed by atoms with Crippen LogP contribution in [0.1, 0.15) is 25.8 Å². The highest BCUT2D eigenvalue weighted by Crippen LogP contribution is 2.14. The number of aliphatic hydroxyl groups is 1. The van der Waals surface area contributed by atoms with Crippen LogP contribution in [0.15, 0.2) is 30.3 Å². The fourth-order valence-electron chi connectivity index (χ4n) is 1.65. The summed E-state index contributed by atoms with van der Waals surface area (Å²) in [7, 11) is 0. The van der Waals surface area contributed by atoms with Gasteiger partial charge in [-0.05, 0) is 23.7 Å². The van der Waals surface area contributed by atoms with Gasteiger partial charge in [0.15, 0.2) is 0 Å². The second kappa shape index (κ2) is 8.57. The first-order chi connectivity index (χ1) is 8.63. The number of nitrogens with two attached hydrogens (primary N) is 1. The lowest BCUT2D eigenvalue weighted by molar-refractivity contribution is 0.167. The average Bonchev–Trinajstić information content (AvgIpc) is 2.39. The fraction of sp³-hybridized carbons (Fsp3) is 0.600. The van der Waals surface area contributed by atoms with E-state index in [1.807, 2.05) is 18.2 Å². The van der Waals surface area contributed by atoms with Crippen LogP contribution >= 0.6 is 11.8 Å². The molecule has 3 N–H and O–H groups in total. The van der Waals surface area contributed by atoms with E-state index in [2.05, 4.69) is 26.0 Å². The van der Waals surface area contributed by atoms with Crippen LogP contribution in [0.3, 0.4) is 0 Å². The molecule has 1 aromatic carbocycles. The lowest BCUT2D eigenvalue weighted by Crippen LogP contribution is -2.38. The monoisotopic (exact) mass is 267 g/mol. The standard InChI is InChI=1S/C15H25NOS/c1-3-12(2)10-18-11-15(17)14(16)9-13-7-5-4-6-8-13/h4-8,12,14-15,17H,3,9-11,16H2,1-2H3. The molecular formula is C15H25NOS. The molecule has 0 aliphatic rings. The Labute approximate surface area is 115 Å². The maximum absolute atomic E-state index is 10.0. The zero-order valence-electron chi connectivity index (χ0n) is 11.4. The van der Waals surface area contributed by atoms with Gasteiger partial charge < -0.3 is 10.8 Å². The first kappa shape index (κ1) is 15.5. The van der Waals surface area contributed by atoms with Crippen LogP contribution in [0.25, 0.3) is 0 Å². The first-order valence-electron chi connectivity index (χ1n) is 6.68. The molecule has 0 radical (unpaired) electrons. The van der Waals surface area contributed by atoms with Gasteiger partial charge in [0, 0.05) is 11.8 Å². The van der Waals surface area contributed by atoms with Crippen LogP contribution in [0.2, 0.25) is 0 Å². The molecule has 0 saturated carbocycles. The number of thioether (sulfide) groups is 1. The van der Waals surface area contributed by atoms with Crippen molar-refractivity contribution >= 4 is 11.8 Å². The number of rotatable bonds is 8. The molecule has 0 fully saturated rings. The van der Waals surface area contributed by atoms with Crippen LogP contribution in [0, 0.1) is 5.92 Å². The fourth-order valence-corrected chi connectivity index (χ4v) is 2.92. The Morgan fingerprint density at radius 3 is 2.50 bits per heavy atom. The normalized spacial score (nSPS) is 16.2. The highest BCUT2D eigenvalue weighted by Gasteiger charge is 2.15. The lowest BCUT2D eigenvalue weighted by atomic mass is 10.0. The highest BCUT2D eigenvalue weighted by atomic mass is 32.2. The van der Waals surface area contributed by atoms with Gasteiger partial charge in [-0.2, -0.15) is 11.8 Å². The van der Waals surface area contributed by atoms with E-state index in [9.17, 15) is 5.11 Å². The van der Waals surface area contributed by atoms with Gasteiger partial charge in [-0.15, -0.1) is 0 Å². The zero-order valence-corrected chi connectivity index (χ0v) is 12.2. The molecule has 0 spiro atoms. The number of hydrogen-bond donors (Lipinski definition) is 2. The van der Waals surface area contributed by atoms with E-state index in [1.165, 1.54) is 12.0 Å². The zero-order chi connectivity index (χ0) is 13.4. The van der Waals surface area contributed by atoms with E-state index in [0.717, 1.165) is 17.9 Å². The van der Waals surface area contributed by atoms with Crippen LogP contribution < -0.4 is 5.73 Å². The van der Waals surface area contributed by atoms with Gasteiger partial charge in [-0.25, -0.2) is 0 Å². The van der Waals surface area contributed by atoms with E-state index >= 15 is 0 Å². The van der Waals surface area contributed by atoms with E-state index < -0.39 is 6.10 Å². The Bertz CT molecular complexity index is 318. The van der Waals surface area contributed by atoms with Gasteiger partial charge >= 0.3 is 0 Å². The third-order valence-electron chi connectivity index (χ3n) is 3.20. The average molecular weight is 267 g/mol. The van der Waals surface area contributed by atoms with E-state index in [0.29, 0.717) is 5.92 Å². The predicted octanol–water partition coefficient (Wildman–Crippen LogP) is 2.70. The van der Waals surface area contributed by atoms with E-state index in [-0.39, 0.29) is 6.04 Å². The second-order valence-corrected chi connectivity index (χ2v) is 6.05. The van der Waals surface area contributed by atoms with Gasteiger partial charge in [0.05, 0.1) is 6.10 Å². The van der Waals surface area contributed by atoms with Crippen molar-refractivity contribution in [3.63, 3.8) is 0 Å². The molecular weight excluding hydrogens is 242 g/mol. The first-order valence-corrected chi connectivity index (χ1v) is 7.84. The maximum Gasteiger partial charge on any atom is 0.0784 e. The molecule has 0 heterocycles. The Balaban J connectivity index is 2.26. The summed E-state index contributed by atoms with van der Waals surface area (Å²) < 4.78 is 0. The van der Waals surface area contributed by atoms with E-state index in [1.54, 1.807) is 11.8 Å². The quantitative estimate of drug-likeness (QED) is 0.761. The third-order valence-corrected chi connectivity index (χ3v) is 4.58. The minimum absolute atomic E-state index is 0.170. The Hall–Kier alpha value is -0.510. The molecule has 0 aromatic heterocycles. The van der Waals surface area contributed by atoms with Crippen molar-refractivity contribution in [1.82, 2.24) is 0 Å². The third kappa shape index (κ3) is 5.89. The summed E-state index contributed by atoms with van der Waals surface area (Å²) in [6.07, 6.45) is 1.52. The maximum atomic E-state index is 10.0. The summed E-state index contributed by atoms with van der Waals surface area (Å²) >= 11 is 1.80. The molecule has 3 unspecified atom stereocenters. The SMILES string of the molecule is CCC(C)CSCC(O)C(N)Cc1ccccc1. The second-order valence-electron chi connectivity index (χ2n) is 4.97.